The Morgan fingerprint density at radius 1 is 1.14 bits per heavy atom. The molecule has 6 nitrogen and oxygen atoms in total. The number of imidazole rings is 1. The van der Waals surface area contributed by atoms with E-state index >= 15 is 0 Å². The third-order valence-electron chi connectivity index (χ3n) is 5.02. The van der Waals surface area contributed by atoms with E-state index in [2.05, 4.69) is 43.2 Å². The lowest BCUT2D eigenvalue weighted by atomic mass is 9.92. The van der Waals surface area contributed by atoms with E-state index in [4.69, 9.17) is 4.74 Å². The third-order valence-corrected chi connectivity index (χ3v) is 5.02. The summed E-state index contributed by atoms with van der Waals surface area (Å²) in [6.45, 7) is 15.4. The number of amides is 1. The van der Waals surface area contributed by atoms with Crippen molar-refractivity contribution >= 4 is 12.0 Å². The summed E-state index contributed by atoms with van der Waals surface area (Å²) in [4.78, 5) is 29.7. The summed E-state index contributed by atoms with van der Waals surface area (Å²) in [5.41, 5.74) is 3.83. The first-order chi connectivity index (χ1) is 13.4. The number of hydrogen-bond donors (Lipinski definition) is 1. The van der Waals surface area contributed by atoms with Crippen LogP contribution in [0.5, 0.6) is 0 Å². The summed E-state index contributed by atoms with van der Waals surface area (Å²) in [6, 6.07) is 5.51. The van der Waals surface area contributed by atoms with Gasteiger partial charge >= 0.3 is 6.09 Å². The quantitative estimate of drug-likeness (QED) is 0.781. The SMILES string of the molecule is Cc1cccc([C@H](C)c2cn(C(=O)C(NC(=O)OC(C)(C)C)C(C)C)cn2)c1C. The molecule has 0 saturated heterocycles. The summed E-state index contributed by atoms with van der Waals surface area (Å²) in [5.74, 6) is -0.282. The number of carbonyl (C=O) groups is 2. The molecule has 2 atom stereocenters. The number of nitrogens with zero attached hydrogens (tertiary/aromatic N) is 2. The van der Waals surface area contributed by atoms with E-state index in [1.165, 1.54) is 27.6 Å². The number of rotatable bonds is 5. The number of aryl methyl sites for hydroxylation is 1. The van der Waals surface area contributed by atoms with Crippen molar-refractivity contribution in [2.75, 3.05) is 0 Å². The molecular formula is C23H33N3O3. The standard InChI is InChI=1S/C23H33N3O3/c1-14(2)20(25-22(28)29-23(6,7)8)21(27)26-12-19(24-13-26)17(5)18-11-9-10-15(3)16(18)4/h9-14,17,20H,1-8H3,(H,25,28)/t17-,20?/m0/s1. The van der Waals surface area contributed by atoms with Crippen LogP contribution >= 0.6 is 0 Å². The van der Waals surface area contributed by atoms with Crippen LogP contribution in [0.3, 0.4) is 0 Å². The summed E-state index contributed by atoms with van der Waals surface area (Å²) in [6.07, 6.45) is 2.67. The molecule has 2 rings (SSSR count). The van der Waals surface area contributed by atoms with Crippen molar-refractivity contribution < 1.29 is 14.3 Å². The zero-order valence-corrected chi connectivity index (χ0v) is 18.7. The predicted octanol–water partition coefficient (Wildman–Crippen LogP) is 4.84. The Bertz CT molecular complexity index is 878. The smallest absolute Gasteiger partial charge is 0.408 e. The van der Waals surface area contributed by atoms with Crippen LogP contribution in [0.15, 0.2) is 30.7 Å². The van der Waals surface area contributed by atoms with Gasteiger partial charge in [-0.05, 0) is 57.2 Å². The zero-order valence-electron chi connectivity index (χ0n) is 18.7. The van der Waals surface area contributed by atoms with Crippen LogP contribution in [-0.2, 0) is 4.74 Å². The fourth-order valence-electron chi connectivity index (χ4n) is 3.19. The first-order valence-corrected chi connectivity index (χ1v) is 10.0. The Morgan fingerprint density at radius 2 is 1.79 bits per heavy atom. The van der Waals surface area contributed by atoms with Crippen LogP contribution in [0.1, 0.15) is 74.6 Å². The number of carbonyl (C=O) groups excluding carboxylic acids is 2. The summed E-state index contributed by atoms with van der Waals surface area (Å²) >= 11 is 0. The molecule has 29 heavy (non-hydrogen) atoms. The molecule has 1 aromatic heterocycles. The van der Waals surface area contributed by atoms with Crippen molar-refractivity contribution in [2.24, 2.45) is 5.92 Å². The monoisotopic (exact) mass is 399 g/mol. The van der Waals surface area contributed by atoms with E-state index < -0.39 is 17.7 Å². The molecule has 158 valence electrons. The normalized spacial score (nSPS) is 13.8. The summed E-state index contributed by atoms with van der Waals surface area (Å²) in [5, 5.41) is 2.70. The molecule has 6 heteroatoms. The minimum absolute atomic E-state index is 0.0558. The predicted molar refractivity (Wildman–Crippen MR) is 114 cm³/mol. The van der Waals surface area contributed by atoms with Crippen LogP contribution in [0.2, 0.25) is 0 Å². The van der Waals surface area contributed by atoms with E-state index in [1.54, 1.807) is 27.0 Å². The number of aromatic nitrogens is 2. The molecule has 0 aliphatic carbocycles. The molecule has 1 amide bonds. The van der Waals surface area contributed by atoms with Gasteiger partial charge in [0.1, 0.15) is 18.0 Å². The van der Waals surface area contributed by atoms with Crippen molar-refractivity contribution in [3.8, 4) is 0 Å². The maximum absolute atomic E-state index is 13.0. The molecule has 1 unspecified atom stereocenters. The van der Waals surface area contributed by atoms with Gasteiger partial charge in [-0.3, -0.25) is 9.36 Å². The second-order valence-corrected chi connectivity index (χ2v) is 8.92. The van der Waals surface area contributed by atoms with Gasteiger partial charge in [0.15, 0.2) is 0 Å². The molecule has 0 radical (unpaired) electrons. The molecule has 0 aliphatic rings. The largest absolute Gasteiger partial charge is 0.444 e. The molecule has 0 saturated carbocycles. The average molecular weight is 400 g/mol. The fraction of sp³-hybridized carbons (Fsp3) is 0.522. The van der Waals surface area contributed by atoms with Crippen molar-refractivity contribution in [3.63, 3.8) is 0 Å². The van der Waals surface area contributed by atoms with Crippen molar-refractivity contribution in [1.29, 1.82) is 0 Å². The van der Waals surface area contributed by atoms with E-state index in [1.807, 2.05) is 19.9 Å². The Morgan fingerprint density at radius 3 is 2.38 bits per heavy atom. The minimum atomic E-state index is -0.706. The molecule has 2 aromatic rings. The summed E-state index contributed by atoms with van der Waals surface area (Å²) in [7, 11) is 0. The molecule has 0 aliphatic heterocycles. The van der Waals surface area contributed by atoms with E-state index in [9.17, 15) is 9.59 Å². The number of ether oxygens (including phenoxy) is 1. The average Bonchev–Trinajstić information content (AvgIpc) is 3.09. The van der Waals surface area contributed by atoms with Gasteiger partial charge in [0.2, 0.25) is 0 Å². The Kier molecular flexibility index (Phi) is 6.88. The topological polar surface area (TPSA) is 73.2 Å². The van der Waals surface area contributed by atoms with Gasteiger partial charge in [0.05, 0.1) is 5.69 Å². The minimum Gasteiger partial charge on any atom is -0.444 e. The number of hydrogen-bond acceptors (Lipinski definition) is 4. The third kappa shape index (κ3) is 5.68. The van der Waals surface area contributed by atoms with Crippen molar-refractivity contribution in [1.82, 2.24) is 14.9 Å². The van der Waals surface area contributed by atoms with Crippen LogP contribution < -0.4 is 5.32 Å². The van der Waals surface area contributed by atoms with Crippen LogP contribution in [0, 0.1) is 19.8 Å². The zero-order chi connectivity index (χ0) is 21.9. The Hall–Kier alpha value is -2.63. The first kappa shape index (κ1) is 22.7. The molecule has 0 bridgehead atoms. The molecule has 1 heterocycles. The highest BCUT2D eigenvalue weighted by molar-refractivity contribution is 5.87. The molecule has 0 fully saturated rings. The van der Waals surface area contributed by atoms with Crippen LogP contribution in [0.4, 0.5) is 4.79 Å². The van der Waals surface area contributed by atoms with Gasteiger partial charge in [0, 0.05) is 12.1 Å². The Labute approximate surface area is 173 Å². The molecule has 1 aromatic carbocycles. The van der Waals surface area contributed by atoms with Gasteiger partial charge < -0.3 is 10.1 Å². The van der Waals surface area contributed by atoms with E-state index in [0.29, 0.717) is 0 Å². The molecule has 1 N–H and O–H groups in total. The number of benzene rings is 1. The second kappa shape index (κ2) is 8.80. The van der Waals surface area contributed by atoms with Crippen molar-refractivity contribution in [3.05, 3.63) is 53.1 Å². The molecular weight excluding hydrogens is 366 g/mol. The lowest BCUT2D eigenvalue weighted by molar-refractivity contribution is 0.0464. The maximum Gasteiger partial charge on any atom is 0.408 e. The maximum atomic E-state index is 13.0. The fourth-order valence-corrected chi connectivity index (χ4v) is 3.19. The first-order valence-electron chi connectivity index (χ1n) is 10.0. The van der Waals surface area contributed by atoms with Crippen LogP contribution in [0.25, 0.3) is 0 Å². The van der Waals surface area contributed by atoms with E-state index in [0.717, 1.165) is 5.69 Å². The van der Waals surface area contributed by atoms with Crippen LogP contribution in [-0.4, -0.2) is 33.2 Å². The van der Waals surface area contributed by atoms with Gasteiger partial charge in [-0.2, -0.15) is 0 Å². The number of alkyl carbamates (subject to hydrolysis) is 1. The lowest BCUT2D eigenvalue weighted by Crippen LogP contribution is -2.48. The highest BCUT2D eigenvalue weighted by Crippen LogP contribution is 2.27. The van der Waals surface area contributed by atoms with Crippen molar-refractivity contribution in [2.45, 2.75) is 73.0 Å². The van der Waals surface area contributed by atoms with Gasteiger partial charge in [-0.15, -0.1) is 0 Å². The van der Waals surface area contributed by atoms with E-state index in [-0.39, 0.29) is 17.7 Å². The van der Waals surface area contributed by atoms with Gasteiger partial charge in [-0.25, -0.2) is 9.78 Å². The Balaban J connectivity index is 2.21. The van der Waals surface area contributed by atoms with Gasteiger partial charge in [-0.1, -0.05) is 39.0 Å². The molecule has 0 spiro atoms. The second-order valence-electron chi connectivity index (χ2n) is 8.92. The van der Waals surface area contributed by atoms with Gasteiger partial charge in [0.25, 0.3) is 5.91 Å². The lowest BCUT2D eigenvalue weighted by Gasteiger charge is -2.25. The highest BCUT2D eigenvalue weighted by atomic mass is 16.6. The number of nitrogens with one attached hydrogen (secondary N) is 1. The highest BCUT2D eigenvalue weighted by Gasteiger charge is 2.28. The summed E-state index contributed by atoms with van der Waals surface area (Å²) < 4.78 is 6.76.